The summed E-state index contributed by atoms with van der Waals surface area (Å²) in [6.07, 6.45) is 5.31. The Labute approximate surface area is 108 Å². The third-order valence-electron chi connectivity index (χ3n) is 3.42. The first-order valence-electron chi connectivity index (χ1n) is 6.48. The third-order valence-corrected chi connectivity index (χ3v) is 4.53. The number of anilines is 1. The number of hydrogen-bond acceptors (Lipinski definition) is 3. The fraction of sp³-hybridized carbons (Fsp3) is 0.571. The minimum Gasteiger partial charge on any atom is -0.398 e. The molecule has 1 unspecified atom stereocenters. The number of benzene rings is 1. The number of hydrogen-bond donors (Lipinski definition) is 2. The van der Waals surface area contributed by atoms with Gasteiger partial charge in [0.2, 0.25) is 0 Å². The van der Waals surface area contributed by atoms with Gasteiger partial charge in [-0.2, -0.15) is 0 Å². The van der Waals surface area contributed by atoms with E-state index >= 15 is 0 Å². The minimum atomic E-state index is 0.724. The Morgan fingerprint density at radius 1 is 1.41 bits per heavy atom. The van der Waals surface area contributed by atoms with Gasteiger partial charge in [0.15, 0.2) is 0 Å². The summed E-state index contributed by atoms with van der Waals surface area (Å²) in [5.41, 5.74) is 8.20. The average molecular weight is 250 g/mol. The largest absolute Gasteiger partial charge is 0.398 e. The van der Waals surface area contributed by atoms with Gasteiger partial charge in [-0.1, -0.05) is 18.6 Å². The summed E-state index contributed by atoms with van der Waals surface area (Å²) < 4.78 is 0. The maximum atomic E-state index is 6.07. The number of rotatable bonds is 4. The molecule has 1 heterocycles. The van der Waals surface area contributed by atoms with Gasteiger partial charge in [-0.3, -0.25) is 0 Å². The van der Waals surface area contributed by atoms with E-state index in [0.717, 1.165) is 17.5 Å². The van der Waals surface area contributed by atoms with Crippen LogP contribution in [0.1, 0.15) is 31.2 Å². The molecule has 1 fully saturated rings. The molecule has 0 radical (unpaired) electrons. The summed E-state index contributed by atoms with van der Waals surface area (Å²) in [7, 11) is 0. The number of thioether (sulfide) groups is 1. The van der Waals surface area contributed by atoms with E-state index in [4.69, 9.17) is 5.73 Å². The van der Waals surface area contributed by atoms with Crippen molar-refractivity contribution in [1.29, 1.82) is 0 Å². The van der Waals surface area contributed by atoms with Crippen LogP contribution in [0.5, 0.6) is 0 Å². The number of aryl methyl sites for hydroxylation is 1. The standard InChI is InChI=1S/C14H22N2S/c1-11-5-4-7-13(14(11)15)17-10-8-12-6-2-3-9-16-12/h4-5,7,12,16H,2-3,6,8-10,15H2,1H3. The zero-order valence-corrected chi connectivity index (χ0v) is 11.4. The van der Waals surface area contributed by atoms with Crippen LogP contribution in [0, 0.1) is 6.92 Å². The van der Waals surface area contributed by atoms with Crippen molar-refractivity contribution in [3.8, 4) is 0 Å². The van der Waals surface area contributed by atoms with Crippen LogP contribution in [-0.4, -0.2) is 18.3 Å². The second-order valence-electron chi connectivity index (χ2n) is 4.77. The third kappa shape index (κ3) is 3.65. The molecule has 0 amide bonds. The number of nitrogens with one attached hydrogen (secondary N) is 1. The normalized spacial score (nSPS) is 20.4. The highest BCUT2D eigenvalue weighted by Crippen LogP contribution is 2.28. The summed E-state index contributed by atoms with van der Waals surface area (Å²) in [4.78, 5) is 1.24. The first-order valence-corrected chi connectivity index (χ1v) is 7.47. The smallest absolute Gasteiger partial charge is 0.0481 e. The van der Waals surface area contributed by atoms with Crippen LogP contribution in [0.15, 0.2) is 23.1 Å². The molecule has 1 aromatic rings. The molecule has 1 aromatic carbocycles. The molecule has 1 atom stereocenters. The van der Waals surface area contributed by atoms with Crippen LogP contribution in [0.2, 0.25) is 0 Å². The Morgan fingerprint density at radius 3 is 3.06 bits per heavy atom. The topological polar surface area (TPSA) is 38.0 Å². The lowest BCUT2D eigenvalue weighted by Crippen LogP contribution is -2.34. The number of nitrogen functional groups attached to an aromatic ring is 1. The van der Waals surface area contributed by atoms with Crippen LogP contribution >= 0.6 is 11.8 Å². The Kier molecular flexibility index (Phi) is 4.75. The van der Waals surface area contributed by atoms with Crippen LogP contribution in [0.3, 0.4) is 0 Å². The molecule has 1 saturated heterocycles. The Hall–Kier alpha value is -0.670. The lowest BCUT2D eigenvalue weighted by atomic mass is 10.0. The van der Waals surface area contributed by atoms with E-state index in [1.54, 1.807) is 0 Å². The predicted octanol–water partition coefficient (Wildman–Crippen LogP) is 3.20. The van der Waals surface area contributed by atoms with Crippen molar-refractivity contribution in [2.75, 3.05) is 18.0 Å². The van der Waals surface area contributed by atoms with E-state index in [1.165, 1.54) is 42.7 Å². The van der Waals surface area contributed by atoms with E-state index < -0.39 is 0 Å². The Balaban J connectivity index is 1.79. The molecule has 0 spiro atoms. The van der Waals surface area contributed by atoms with E-state index in [9.17, 15) is 0 Å². The van der Waals surface area contributed by atoms with E-state index in [-0.39, 0.29) is 0 Å². The molecule has 94 valence electrons. The minimum absolute atomic E-state index is 0.724. The summed E-state index contributed by atoms with van der Waals surface area (Å²) >= 11 is 1.89. The molecular formula is C14H22N2S. The molecule has 3 N–H and O–H groups in total. The van der Waals surface area contributed by atoms with Gasteiger partial charge in [0.05, 0.1) is 0 Å². The fourth-order valence-electron chi connectivity index (χ4n) is 2.26. The maximum Gasteiger partial charge on any atom is 0.0481 e. The summed E-state index contributed by atoms with van der Waals surface area (Å²) in [5.74, 6) is 1.16. The number of nitrogens with two attached hydrogens (primary N) is 1. The van der Waals surface area contributed by atoms with Crippen molar-refractivity contribution in [3.63, 3.8) is 0 Å². The van der Waals surface area contributed by atoms with Crippen molar-refractivity contribution in [3.05, 3.63) is 23.8 Å². The number of piperidine rings is 1. The predicted molar refractivity (Wildman–Crippen MR) is 76.6 cm³/mol. The highest BCUT2D eigenvalue weighted by molar-refractivity contribution is 7.99. The maximum absolute atomic E-state index is 6.07. The zero-order valence-electron chi connectivity index (χ0n) is 10.5. The molecule has 0 aliphatic carbocycles. The van der Waals surface area contributed by atoms with Crippen molar-refractivity contribution in [2.24, 2.45) is 0 Å². The molecule has 1 aliphatic rings. The van der Waals surface area contributed by atoms with Crippen molar-refractivity contribution in [2.45, 2.75) is 43.5 Å². The summed E-state index contributed by atoms with van der Waals surface area (Å²) in [6.45, 7) is 3.27. The van der Waals surface area contributed by atoms with E-state index in [1.807, 2.05) is 11.8 Å². The van der Waals surface area contributed by atoms with Gasteiger partial charge in [-0.15, -0.1) is 11.8 Å². The second-order valence-corrected chi connectivity index (χ2v) is 5.91. The molecule has 1 aliphatic heterocycles. The van der Waals surface area contributed by atoms with Gasteiger partial charge in [-0.25, -0.2) is 0 Å². The lowest BCUT2D eigenvalue weighted by Gasteiger charge is -2.23. The van der Waals surface area contributed by atoms with Gasteiger partial charge >= 0.3 is 0 Å². The van der Waals surface area contributed by atoms with Gasteiger partial charge in [0.25, 0.3) is 0 Å². The molecule has 2 rings (SSSR count). The van der Waals surface area contributed by atoms with E-state index in [0.29, 0.717) is 0 Å². The lowest BCUT2D eigenvalue weighted by molar-refractivity contribution is 0.395. The quantitative estimate of drug-likeness (QED) is 0.636. The zero-order chi connectivity index (χ0) is 12.1. The summed E-state index contributed by atoms with van der Waals surface area (Å²) in [6, 6.07) is 7.01. The van der Waals surface area contributed by atoms with Crippen LogP contribution < -0.4 is 11.1 Å². The van der Waals surface area contributed by atoms with E-state index in [2.05, 4.69) is 30.4 Å². The van der Waals surface area contributed by atoms with Gasteiger partial charge < -0.3 is 11.1 Å². The van der Waals surface area contributed by atoms with Crippen LogP contribution in [0.25, 0.3) is 0 Å². The first kappa shape index (κ1) is 12.8. The highest BCUT2D eigenvalue weighted by Gasteiger charge is 2.12. The second kappa shape index (κ2) is 6.31. The SMILES string of the molecule is Cc1cccc(SCCC2CCCCN2)c1N. The van der Waals surface area contributed by atoms with Crippen molar-refractivity contribution >= 4 is 17.4 Å². The van der Waals surface area contributed by atoms with Gasteiger partial charge in [0.1, 0.15) is 0 Å². The molecule has 0 saturated carbocycles. The van der Waals surface area contributed by atoms with Crippen molar-refractivity contribution in [1.82, 2.24) is 5.32 Å². The molecule has 0 aromatic heterocycles. The monoisotopic (exact) mass is 250 g/mol. The molecule has 3 heteroatoms. The van der Waals surface area contributed by atoms with Crippen LogP contribution in [-0.2, 0) is 0 Å². The fourth-order valence-corrected chi connectivity index (χ4v) is 3.37. The molecule has 2 nitrogen and oxygen atoms in total. The molecule has 0 bridgehead atoms. The number of para-hydroxylation sites is 1. The average Bonchev–Trinajstić information content (AvgIpc) is 2.36. The van der Waals surface area contributed by atoms with Gasteiger partial charge in [0, 0.05) is 16.6 Å². The van der Waals surface area contributed by atoms with Crippen molar-refractivity contribution < 1.29 is 0 Å². The highest BCUT2D eigenvalue weighted by atomic mass is 32.2. The molecular weight excluding hydrogens is 228 g/mol. The Bertz CT molecular complexity index is 359. The van der Waals surface area contributed by atoms with Gasteiger partial charge in [-0.05, 0) is 50.1 Å². The first-order chi connectivity index (χ1) is 8.27. The Morgan fingerprint density at radius 2 is 2.29 bits per heavy atom. The van der Waals surface area contributed by atoms with Crippen LogP contribution in [0.4, 0.5) is 5.69 Å². The molecule has 17 heavy (non-hydrogen) atoms. The summed E-state index contributed by atoms with van der Waals surface area (Å²) in [5, 5.41) is 3.59.